The van der Waals surface area contributed by atoms with Crippen LogP contribution >= 0.6 is 31.9 Å². The standard InChI is InChI=1S/C22H16Br2N6/c23-17-9-5-15(6-10-17)13-25-29-21-22(28-20-4-2-1-3-19(20)27-21)30-26-14-16-7-11-18(24)12-8-16/h1-14H,(H,27,29)(H,28,30)/b25-13+,26-14?. The Hall–Kier alpha value is -3.10. The smallest absolute Gasteiger partial charge is 0.192 e. The summed E-state index contributed by atoms with van der Waals surface area (Å²) in [7, 11) is 0. The van der Waals surface area contributed by atoms with Gasteiger partial charge in [0, 0.05) is 8.95 Å². The molecular weight excluding hydrogens is 508 g/mol. The van der Waals surface area contributed by atoms with Crippen LogP contribution < -0.4 is 10.9 Å². The Kier molecular flexibility index (Phi) is 6.46. The minimum atomic E-state index is 0.481. The van der Waals surface area contributed by atoms with E-state index in [1.54, 1.807) is 12.4 Å². The summed E-state index contributed by atoms with van der Waals surface area (Å²) in [4.78, 5) is 9.24. The maximum atomic E-state index is 4.62. The van der Waals surface area contributed by atoms with Gasteiger partial charge in [-0.3, -0.25) is 10.9 Å². The van der Waals surface area contributed by atoms with E-state index < -0.39 is 0 Å². The van der Waals surface area contributed by atoms with Crippen molar-refractivity contribution in [2.75, 3.05) is 10.9 Å². The van der Waals surface area contributed by atoms with E-state index in [0.717, 1.165) is 31.1 Å². The number of para-hydroxylation sites is 2. The van der Waals surface area contributed by atoms with E-state index >= 15 is 0 Å². The number of benzene rings is 3. The number of nitrogens with zero attached hydrogens (tertiary/aromatic N) is 4. The largest absolute Gasteiger partial charge is 0.258 e. The maximum Gasteiger partial charge on any atom is 0.192 e. The summed E-state index contributed by atoms with van der Waals surface area (Å²) in [6, 6.07) is 23.3. The van der Waals surface area contributed by atoms with Crippen LogP contribution in [0.2, 0.25) is 0 Å². The average molecular weight is 524 g/mol. The number of hydrogen-bond acceptors (Lipinski definition) is 6. The Labute approximate surface area is 190 Å². The van der Waals surface area contributed by atoms with Gasteiger partial charge in [0.1, 0.15) is 0 Å². The van der Waals surface area contributed by atoms with Crippen molar-refractivity contribution >= 4 is 67.0 Å². The molecule has 0 atom stereocenters. The third-order valence-corrected chi connectivity index (χ3v) is 5.14. The molecule has 0 saturated carbocycles. The highest BCUT2D eigenvalue weighted by atomic mass is 79.9. The van der Waals surface area contributed by atoms with E-state index in [0.29, 0.717) is 11.6 Å². The molecule has 0 saturated heterocycles. The molecule has 1 heterocycles. The lowest BCUT2D eigenvalue weighted by Crippen LogP contribution is -2.03. The van der Waals surface area contributed by atoms with Crippen LogP contribution in [0.5, 0.6) is 0 Å². The third-order valence-electron chi connectivity index (χ3n) is 4.08. The van der Waals surface area contributed by atoms with Crippen molar-refractivity contribution in [2.45, 2.75) is 0 Å². The molecule has 0 bridgehead atoms. The SMILES string of the molecule is Brc1ccc(C=NNc2nc3ccccc3nc2N/N=C/c2ccc(Br)cc2)cc1. The minimum absolute atomic E-state index is 0.481. The highest BCUT2D eigenvalue weighted by Crippen LogP contribution is 2.21. The van der Waals surface area contributed by atoms with Gasteiger partial charge in [-0.15, -0.1) is 0 Å². The summed E-state index contributed by atoms with van der Waals surface area (Å²) in [5.74, 6) is 0.963. The second-order valence-electron chi connectivity index (χ2n) is 6.25. The molecule has 0 amide bonds. The Morgan fingerprint density at radius 1 is 0.600 bits per heavy atom. The predicted molar refractivity (Wildman–Crippen MR) is 130 cm³/mol. The van der Waals surface area contributed by atoms with Crippen LogP contribution in [0.25, 0.3) is 11.0 Å². The lowest BCUT2D eigenvalue weighted by molar-refractivity contribution is 1.18. The summed E-state index contributed by atoms with van der Waals surface area (Å²) in [6.45, 7) is 0. The van der Waals surface area contributed by atoms with Gasteiger partial charge < -0.3 is 0 Å². The molecule has 1 aromatic heterocycles. The minimum Gasteiger partial charge on any atom is -0.258 e. The molecule has 6 nitrogen and oxygen atoms in total. The Balaban J connectivity index is 1.56. The molecule has 30 heavy (non-hydrogen) atoms. The van der Waals surface area contributed by atoms with E-state index in [9.17, 15) is 0 Å². The molecule has 2 N–H and O–H groups in total. The summed E-state index contributed by atoms with van der Waals surface area (Å²) >= 11 is 6.85. The zero-order valence-electron chi connectivity index (χ0n) is 15.6. The molecule has 0 spiro atoms. The van der Waals surface area contributed by atoms with Crippen LogP contribution in [0.3, 0.4) is 0 Å². The van der Waals surface area contributed by atoms with Gasteiger partial charge in [-0.25, -0.2) is 9.97 Å². The molecule has 148 valence electrons. The molecule has 0 unspecified atom stereocenters. The number of hydrazone groups is 2. The first-order valence-electron chi connectivity index (χ1n) is 9.03. The van der Waals surface area contributed by atoms with Gasteiger partial charge in [-0.1, -0.05) is 68.3 Å². The Morgan fingerprint density at radius 3 is 1.40 bits per heavy atom. The second kappa shape index (κ2) is 9.60. The zero-order valence-corrected chi connectivity index (χ0v) is 18.8. The fourth-order valence-electron chi connectivity index (χ4n) is 2.59. The van der Waals surface area contributed by atoms with Crippen molar-refractivity contribution in [3.8, 4) is 0 Å². The molecule has 0 aliphatic heterocycles. The molecule has 4 rings (SSSR count). The number of halogens is 2. The van der Waals surface area contributed by atoms with E-state index in [-0.39, 0.29) is 0 Å². The summed E-state index contributed by atoms with van der Waals surface area (Å²) in [5, 5.41) is 8.59. The maximum absolute atomic E-state index is 4.62. The van der Waals surface area contributed by atoms with E-state index in [1.807, 2.05) is 72.8 Å². The normalized spacial score (nSPS) is 11.4. The van der Waals surface area contributed by atoms with Crippen molar-refractivity contribution in [2.24, 2.45) is 10.2 Å². The molecule has 0 radical (unpaired) electrons. The van der Waals surface area contributed by atoms with Crippen LogP contribution in [-0.2, 0) is 0 Å². The molecule has 4 aromatic rings. The molecule has 0 aliphatic rings. The number of fused-ring (bicyclic) bond motifs is 1. The van der Waals surface area contributed by atoms with Gasteiger partial charge in [0.15, 0.2) is 11.6 Å². The highest BCUT2D eigenvalue weighted by molar-refractivity contribution is 9.10. The van der Waals surface area contributed by atoms with Crippen molar-refractivity contribution in [3.05, 3.63) is 92.9 Å². The van der Waals surface area contributed by atoms with E-state index in [2.05, 4.69) is 62.9 Å². The number of anilines is 2. The third kappa shape index (κ3) is 5.28. The molecular formula is C22H16Br2N6. The monoisotopic (exact) mass is 522 g/mol. The zero-order chi connectivity index (χ0) is 20.8. The van der Waals surface area contributed by atoms with E-state index in [1.165, 1.54) is 0 Å². The summed E-state index contributed by atoms with van der Waals surface area (Å²) in [5.41, 5.74) is 9.38. The second-order valence-corrected chi connectivity index (χ2v) is 8.08. The molecule has 8 heteroatoms. The fourth-order valence-corrected chi connectivity index (χ4v) is 3.12. The molecule has 0 fully saturated rings. The van der Waals surface area contributed by atoms with Gasteiger partial charge in [-0.05, 0) is 47.5 Å². The van der Waals surface area contributed by atoms with Crippen molar-refractivity contribution in [1.82, 2.24) is 9.97 Å². The first kappa shape index (κ1) is 20.2. The van der Waals surface area contributed by atoms with Crippen LogP contribution in [0, 0.1) is 0 Å². The fraction of sp³-hybridized carbons (Fsp3) is 0. The van der Waals surface area contributed by atoms with Crippen LogP contribution in [-0.4, -0.2) is 22.4 Å². The van der Waals surface area contributed by atoms with Crippen molar-refractivity contribution in [3.63, 3.8) is 0 Å². The van der Waals surface area contributed by atoms with E-state index in [4.69, 9.17) is 0 Å². The van der Waals surface area contributed by atoms with Crippen molar-refractivity contribution < 1.29 is 0 Å². The van der Waals surface area contributed by atoms with Crippen LogP contribution in [0.1, 0.15) is 11.1 Å². The number of aromatic nitrogens is 2. The Morgan fingerprint density at radius 2 is 1.00 bits per heavy atom. The van der Waals surface area contributed by atoms with Gasteiger partial charge in [0.05, 0.1) is 23.5 Å². The molecule has 3 aromatic carbocycles. The van der Waals surface area contributed by atoms with Gasteiger partial charge in [0.25, 0.3) is 0 Å². The molecule has 0 aliphatic carbocycles. The van der Waals surface area contributed by atoms with Gasteiger partial charge >= 0.3 is 0 Å². The van der Waals surface area contributed by atoms with Gasteiger partial charge in [-0.2, -0.15) is 10.2 Å². The summed E-state index contributed by atoms with van der Waals surface area (Å²) < 4.78 is 2.03. The summed E-state index contributed by atoms with van der Waals surface area (Å²) in [6.07, 6.45) is 3.44. The first-order valence-corrected chi connectivity index (χ1v) is 10.6. The lowest BCUT2D eigenvalue weighted by atomic mass is 10.2. The highest BCUT2D eigenvalue weighted by Gasteiger charge is 2.07. The van der Waals surface area contributed by atoms with Crippen LogP contribution in [0.4, 0.5) is 11.6 Å². The Bertz CT molecular complexity index is 1110. The number of nitrogens with one attached hydrogen (secondary N) is 2. The first-order chi connectivity index (χ1) is 14.7. The van der Waals surface area contributed by atoms with Gasteiger partial charge in [0.2, 0.25) is 0 Å². The number of rotatable bonds is 6. The average Bonchev–Trinajstić information content (AvgIpc) is 2.76. The van der Waals surface area contributed by atoms with Crippen molar-refractivity contribution in [1.29, 1.82) is 0 Å². The quantitative estimate of drug-likeness (QED) is 0.238. The lowest BCUT2D eigenvalue weighted by Gasteiger charge is -2.08. The number of hydrogen-bond donors (Lipinski definition) is 2. The topological polar surface area (TPSA) is 74.6 Å². The van der Waals surface area contributed by atoms with Crippen LogP contribution in [0.15, 0.2) is 91.9 Å². The predicted octanol–water partition coefficient (Wildman–Crippen LogP) is 6.05.